The number of hydrogen-bond donors (Lipinski definition) is 1. The van der Waals surface area contributed by atoms with E-state index in [4.69, 9.17) is 11.6 Å². The number of anilines is 2. The van der Waals surface area contributed by atoms with Gasteiger partial charge in [-0.3, -0.25) is 19.3 Å². The third kappa shape index (κ3) is 2.24. The molecule has 3 fully saturated rings. The lowest BCUT2D eigenvalue weighted by Gasteiger charge is -2.36. The SMILES string of the molecule is Cc1cc(Cl)cc2c1NC(=O)[C@]21[C@@H]2C(=O)N(c3ccccc3Br)C(=O)[C@@H]2[C@@H]2CCCN21. The van der Waals surface area contributed by atoms with E-state index in [0.717, 1.165) is 24.0 Å². The van der Waals surface area contributed by atoms with Crippen LogP contribution in [0.4, 0.5) is 11.4 Å². The van der Waals surface area contributed by atoms with Gasteiger partial charge >= 0.3 is 0 Å². The Kier molecular flexibility index (Phi) is 4.02. The average Bonchev–Trinajstić information content (AvgIpc) is 3.42. The molecule has 4 atom stereocenters. The van der Waals surface area contributed by atoms with E-state index in [1.165, 1.54) is 4.90 Å². The molecule has 0 saturated carbocycles. The number of amides is 3. The Hall–Kier alpha value is -2.22. The second-order valence-corrected chi connectivity index (χ2v) is 10.0. The zero-order chi connectivity index (χ0) is 21.7. The molecule has 0 aliphatic carbocycles. The minimum atomic E-state index is -1.21. The summed E-state index contributed by atoms with van der Waals surface area (Å²) < 4.78 is 0.671. The van der Waals surface area contributed by atoms with Crippen molar-refractivity contribution >= 4 is 56.6 Å². The van der Waals surface area contributed by atoms with Gasteiger partial charge in [-0.2, -0.15) is 0 Å². The van der Waals surface area contributed by atoms with E-state index in [1.54, 1.807) is 18.2 Å². The molecule has 0 unspecified atom stereocenters. The highest BCUT2D eigenvalue weighted by atomic mass is 79.9. The highest BCUT2D eigenvalue weighted by Crippen LogP contribution is 2.61. The standard InChI is InChI=1S/C23H19BrClN3O3/c1-11-9-12(25)10-13-19(11)26-22(31)23(13)18-17(16-7-4-8-27(16)23)20(29)28(21(18)30)15-6-3-2-5-14(15)24/h2-3,5-6,9-10,16-18H,4,7-8H2,1H3,(H,26,31)/t16-,17+,18-,23+/m0/s1. The Morgan fingerprint density at radius 1 is 1.16 bits per heavy atom. The summed E-state index contributed by atoms with van der Waals surface area (Å²) in [5.41, 5.74) is 1.59. The highest BCUT2D eigenvalue weighted by Gasteiger charge is 2.74. The number of nitrogens with zero attached hydrogens (tertiary/aromatic N) is 2. The minimum Gasteiger partial charge on any atom is -0.324 e. The first-order valence-corrected chi connectivity index (χ1v) is 11.6. The molecule has 6 nitrogen and oxygen atoms in total. The van der Waals surface area contributed by atoms with Crippen LogP contribution >= 0.6 is 27.5 Å². The number of benzene rings is 2. The van der Waals surface area contributed by atoms with Crippen molar-refractivity contribution < 1.29 is 14.4 Å². The van der Waals surface area contributed by atoms with Crippen LogP contribution < -0.4 is 10.2 Å². The number of halogens is 2. The van der Waals surface area contributed by atoms with Gasteiger partial charge in [-0.15, -0.1) is 0 Å². The van der Waals surface area contributed by atoms with E-state index in [0.29, 0.717) is 27.4 Å². The van der Waals surface area contributed by atoms with Gasteiger partial charge in [-0.1, -0.05) is 23.7 Å². The predicted octanol–water partition coefficient (Wildman–Crippen LogP) is 3.84. The number of imide groups is 1. The van der Waals surface area contributed by atoms with Crippen molar-refractivity contribution in [2.45, 2.75) is 31.3 Å². The first-order valence-electron chi connectivity index (χ1n) is 10.4. The summed E-state index contributed by atoms with van der Waals surface area (Å²) in [5, 5.41) is 3.54. The van der Waals surface area contributed by atoms with Crippen LogP contribution in [0.15, 0.2) is 40.9 Å². The first kappa shape index (κ1) is 19.5. The number of aryl methyl sites for hydroxylation is 1. The molecule has 4 aliphatic rings. The molecule has 8 heteroatoms. The number of hydrogen-bond acceptors (Lipinski definition) is 4. The van der Waals surface area contributed by atoms with E-state index >= 15 is 0 Å². The number of para-hydroxylation sites is 1. The Morgan fingerprint density at radius 2 is 1.94 bits per heavy atom. The van der Waals surface area contributed by atoms with Gasteiger partial charge in [0.05, 0.1) is 17.5 Å². The fourth-order valence-corrected chi connectivity index (χ4v) is 7.04. The number of rotatable bonds is 1. The summed E-state index contributed by atoms with van der Waals surface area (Å²) in [4.78, 5) is 44.7. The first-order chi connectivity index (χ1) is 14.9. The maximum atomic E-state index is 13.9. The van der Waals surface area contributed by atoms with Gasteiger partial charge in [0.1, 0.15) is 5.54 Å². The zero-order valence-corrected chi connectivity index (χ0v) is 19.0. The molecule has 2 aromatic rings. The lowest BCUT2D eigenvalue weighted by molar-refractivity contribution is -0.135. The second kappa shape index (κ2) is 6.40. The van der Waals surface area contributed by atoms with Gasteiger partial charge in [-0.25, -0.2) is 4.90 Å². The number of carbonyl (C=O) groups is 3. The largest absolute Gasteiger partial charge is 0.324 e. The highest BCUT2D eigenvalue weighted by molar-refractivity contribution is 9.10. The molecule has 0 bridgehead atoms. The Bertz CT molecular complexity index is 1200. The van der Waals surface area contributed by atoms with Gasteiger partial charge in [-0.05, 0) is 72.1 Å². The zero-order valence-electron chi connectivity index (χ0n) is 16.7. The fourth-order valence-electron chi connectivity index (χ4n) is 6.31. The molecule has 3 amide bonds. The lowest BCUT2D eigenvalue weighted by Crippen LogP contribution is -2.54. The molecule has 4 aliphatic heterocycles. The van der Waals surface area contributed by atoms with E-state index in [1.807, 2.05) is 25.1 Å². The molecule has 6 rings (SSSR count). The fraction of sp³-hybridized carbons (Fsp3) is 0.348. The van der Waals surface area contributed by atoms with Crippen LogP contribution in [-0.4, -0.2) is 35.2 Å². The summed E-state index contributed by atoms with van der Waals surface area (Å²) >= 11 is 9.88. The van der Waals surface area contributed by atoms with Gasteiger partial charge in [0, 0.05) is 26.8 Å². The molecular weight excluding hydrogens is 482 g/mol. The van der Waals surface area contributed by atoms with Crippen LogP contribution in [0.5, 0.6) is 0 Å². The van der Waals surface area contributed by atoms with Crippen molar-refractivity contribution in [1.82, 2.24) is 4.90 Å². The van der Waals surface area contributed by atoms with Crippen molar-refractivity contribution in [1.29, 1.82) is 0 Å². The monoisotopic (exact) mass is 499 g/mol. The average molecular weight is 501 g/mol. The van der Waals surface area contributed by atoms with E-state index < -0.39 is 17.4 Å². The van der Waals surface area contributed by atoms with Gasteiger partial charge in [0.2, 0.25) is 17.7 Å². The normalized spacial score (nSPS) is 31.4. The summed E-state index contributed by atoms with van der Waals surface area (Å²) in [5.74, 6) is -2.12. The van der Waals surface area contributed by atoms with Crippen molar-refractivity contribution in [2.75, 3.05) is 16.8 Å². The van der Waals surface area contributed by atoms with Crippen molar-refractivity contribution in [2.24, 2.45) is 11.8 Å². The Balaban J connectivity index is 1.60. The molecule has 0 aromatic heterocycles. The molecular formula is C23H19BrClN3O3. The molecule has 3 saturated heterocycles. The molecule has 31 heavy (non-hydrogen) atoms. The summed E-state index contributed by atoms with van der Waals surface area (Å²) in [6, 6.07) is 10.6. The van der Waals surface area contributed by atoms with Gasteiger partial charge in [0.25, 0.3) is 0 Å². The number of fused-ring (bicyclic) bond motifs is 7. The second-order valence-electron chi connectivity index (χ2n) is 8.74. The van der Waals surface area contributed by atoms with Crippen LogP contribution in [0.3, 0.4) is 0 Å². The van der Waals surface area contributed by atoms with Crippen LogP contribution in [-0.2, 0) is 19.9 Å². The van der Waals surface area contributed by atoms with Gasteiger partial charge in [0.15, 0.2) is 0 Å². The predicted molar refractivity (Wildman–Crippen MR) is 120 cm³/mol. The summed E-state index contributed by atoms with van der Waals surface area (Å²) in [6.45, 7) is 2.57. The van der Waals surface area contributed by atoms with Crippen molar-refractivity contribution in [3.05, 3.63) is 57.0 Å². The number of nitrogens with one attached hydrogen (secondary N) is 1. The maximum absolute atomic E-state index is 13.9. The van der Waals surface area contributed by atoms with Crippen molar-refractivity contribution in [3.63, 3.8) is 0 Å². The van der Waals surface area contributed by atoms with Crippen LogP contribution in [0.2, 0.25) is 5.02 Å². The maximum Gasteiger partial charge on any atom is 0.250 e. The smallest absolute Gasteiger partial charge is 0.250 e. The van der Waals surface area contributed by atoms with Crippen LogP contribution in [0.1, 0.15) is 24.0 Å². The third-order valence-electron chi connectivity index (χ3n) is 7.36. The van der Waals surface area contributed by atoms with Crippen LogP contribution in [0, 0.1) is 18.8 Å². The minimum absolute atomic E-state index is 0.148. The molecule has 4 heterocycles. The topological polar surface area (TPSA) is 69.7 Å². The Labute approximate surface area is 192 Å². The summed E-state index contributed by atoms with van der Waals surface area (Å²) in [6.07, 6.45) is 1.67. The van der Waals surface area contributed by atoms with E-state index in [2.05, 4.69) is 26.1 Å². The van der Waals surface area contributed by atoms with E-state index in [9.17, 15) is 14.4 Å². The third-order valence-corrected chi connectivity index (χ3v) is 8.25. The van der Waals surface area contributed by atoms with Crippen LogP contribution in [0.25, 0.3) is 0 Å². The molecule has 1 N–H and O–H groups in total. The molecule has 1 spiro atoms. The summed E-state index contributed by atoms with van der Waals surface area (Å²) in [7, 11) is 0. The molecule has 158 valence electrons. The lowest BCUT2D eigenvalue weighted by atomic mass is 9.75. The quantitative estimate of drug-likeness (QED) is 0.604. The molecule has 0 radical (unpaired) electrons. The van der Waals surface area contributed by atoms with Gasteiger partial charge < -0.3 is 5.32 Å². The van der Waals surface area contributed by atoms with Crippen molar-refractivity contribution in [3.8, 4) is 0 Å². The molecule has 2 aromatic carbocycles. The van der Waals surface area contributed by atoms with E-state index in [-0.39, 0.29) is 23.8 Å². The Morgan fingerprint density at radius 3 is 2.71 bits per heavy atom. The number of carbonyl (C=O) groups excluding carboxylic acids is 3.